The van der Waals surface area contributed by atoms with Gasteiger partial charge in [-0.3, -0.25) is 14.9 Å². The molecule has 0 saturated heterocycles. The molecule has 0 aliphatic rings. The van der Waals surface area contributed by atoms with Crippen LogP contribution in [0.25, 0.3) is 22.3 Å². The molecule has 0 atom stereocenters. The van der Waals surface area contributed by atoms with Gasteiger partial charge in [-0.05, 0) is 55.0 Å². The van der Waals surface area contributed by atoms with Crippen LogP contribution in [-0.2, 0) is 12.8 Å². The fourth-order valence-electron chi connectivity index (χ4n) is 4.34. The summed E-state index contributed by atoms with van der Waals surface area (Å²) in [6.45, 7) is 1.84. The van der Waals surface area contributed by atoms with Crippen molar-refractivity contribution in [2.75, 3.05) is 6.61 Å². The molecule has 0 aliphatic heterocycles. The molecule has 0 spiro atoms. The van der Waals surface area contributed by atoms with E-state index in [1.54, 1.807) is 49.4 Å². The number of nitro benzene ring substituents is 1. The minimum Gasteiger partial charge on any atom is -0.490 e. The highest BCUT2D eigenvalue weighted by Crippen LogP contribution is 2.39. The van der Waals surface area contributed by atoms with Crippen molar-refractivity contribution in [3.8, 4) is 22.9 Å². The Morgan fingerprint density at radius 1 is 1.02 bits per heavy atom. The molecule has 0 amide bonds. The number of nitro groups is 1. The Morgan fingerprint density at radius 2 is 1.77 bits per heavy atom. The van der Waals surface area contributed by atoms with Crippen LogP contribution in [-0.4, -0.2) is 27.4 Å². The van der Waals surface area contributed by atoms with Crippen LogP contribution >= 0.6 is 11.6 Å². The highest BCUT2D eigenvalue weighted by atomic mass is 35.5. The van der Waals surface area contributed by atoms with Crippen LogP contribution in [0.4, 0.5) is 18.9 Å². The van der Waals surface area contributed by atoms with Gasteiger partial charge in [-0.25, -0.2) is 4.98 Å². The maximum absolute atomic E-state index is 13.5. The lowest BCUT2D eigenvalue weighted by molar-refractivity contribution is -0.386. The van der Waals surface area contributed by atoms with Gasteiger partial charge in [0.1, 0.15) is 6.61 Å². The van der Waals surface area contributed by atoms with Crippen molar-refractivity contribution in [3.05, 3.63) is 127 Å². The first-order chi connectivity index (χ1) is 21.0. The SMILES string of the molecule is CCOc1cc(C=Nn2c(-c3cccc(C(F)(F)F)c3)nc3ccccc3c2=O)cc([N+](=O)[O-])c1OCc1ccc(Cl)cc1. The molecule has 0 saturated carbocycles. The lowest BCUT2D eigenvalue weighted by Crippen LogP contribution is -2.20. The largest absolute Gasteiger partial charge is 0.490 e. The molecular formula is C31H22ClF3N4O5. The van der Waals surface area contributed by atoms with Crippen molar-refractivity contribution < 1.29 is 27.6 Å². The zero-order valence-electron chi connectivity index (χ0n) is 22.9. The van der Waals surface area contributed by atoms with E-state index in [0.29, 0.717) is 10.6 Å². The monoisotopic (exact) mass is 622 g/mol. The first-order valence-electron chi connectivity index (χ1n) is 13.1. The number of halogens is 4. The van der Waals surface area contributed by atoms with Crippen molar-refractivity contribution in [2.45, 2.75) is 19.7 Å². The number of para-hydroxylation sites is 1. The fraction of sp³-hybridized carbons (Fsp3) is 0.129. The van der Waals surface area contributed by atoms with Gasteiger partial charge in [0.25, 0.3) is 5.56 Å². The van der Waals surface area contributed by atoms with Crippen LogP contribution in [0.15, 0.2) is 94.8 Å². The molecule has 0 radical (unpaired) electrons. The molecule has 5 aromatic rings. The highest BCUT2D eigenvalue weighted by molar-refractivity contribution is 6.30. The molecule has 1 heterocycles. The van der Waals surface area contributed by atoms with E-state index in [1.165, 1.54) is 30.3 Å². The minimum atomic E-state index is -4.63. The summed E-state index contributed by atoms with van der Waals surface area (Å²) >= 11 is 5.93. The van der Waals surface area contributed by atoms with Crippen LogP contribution in [0, 0.1) is 10.1 Å². The molecule has 13 heteroatoms. The van der Waals surface area contributed by atoms with Crippen molar-refractivity contribution in [1.82, 2.24) is 9.66 Å². The minimum absolute atomic E-state index is 0.00763. The summed E-state index contributed by atoms with van der Waals surface area (Å²) in [4.78, 5) is 29.3. The first-order valence-corrected chi connectivity index (χ1v) is 13.5. The van der Waals surface area contributed by atoms with Crippen molar-refractivity contribution in [1.29, 1.82) is 0 Å². The molecule has 5 rings (SSSR count). The van der Waals surface area contributed by atoms with E-state index < -0.39 is 27.9 Å². The van der Waals surface area contributed by atoms with Gasteiger partial charge in [-0.15, -0.1) is 0 Å². The van der Waals surface area contributed by atoms with E-state index in [1.807, 2.05) is 0 Å². The Morgan fingerprint density at radius 3 is 2.48 bits per heavy atom. The average Bonchev–Trinajstić information content (AvgIpc) is 3.00. The van der Waals surface area contributed by atoms with Gasteiger partial charge in [-0.2, -0.15) is 22.9 Å². The molecule has 9 nitrogen and oxygen atoms in total. The van der Waals surface area contributed by atoms with Crippen LogP contribution in [0.3, 0.4) is 0 Å². The number of benzene rings is 4. The third-order valence-corrected chi connectivity index (χ3v) is 6.63. The van der Waals surface area contributed by atoms with Crippen molar-refractivity contribution in [2.24, 2.45) is 5.10 Å². The maximum atomic E-state index is 13.5. The van der Waals surface area contributed by atoms with E-state index >= 15 is 0 Å². The van der Waals surface area contributed by atoms with E-state index in [-0.39, 0.29) is 52.6 Å². The van der Waals surface area contributed by atoms with Crippen LogP contribution in [0.1, 0.15) is 23.6 Å². The third-order valence-electron chi connectivity index (χ3n) is 6.37. The zero-order valence-corrected chi connectivity index (χ0v) is 23.7. The summed E-state index contributed by atoms with van der Waals surface area (Å²) in [5, 5.41) is 17.0. The third kappa shape index (κ3) is 6.55. The predicted octanol–water partition coefficient (Wildman–Crippen LogP) is 7.50. The van der Waals surface area contributed by atoms with Gasteiger partial charge in [0.2, 0.25) is 5.75 Å². The second-order valence-electron chi connectivity index (χ2n) is 9.37. The first kappa shape index (κ1) is 30.2. The molecule has 1 aromatic heterocycles. The van der Waals surface area contributed by atoms with Gasteiger partial charge < -0.3 is 9.47 Å². The van der Waals surface area contributed by atoms with Gasteiger partial charge >= 0.3 is 11.9 Å². The summed E-state index contributed by atoms with van der Waals surface area (Å²) in [6, 6.07) is 20.1. The zero-order chi connectivity index (χ0) is 31.4. The number of fused-ring (bicyclic) bond motifs is 1. The predicted molar refractivity (Wildman–Crippen MR) is 159 cm³/mol. The number of ether oxygens (including phenoxy) is 2. The molecule has 4 aromatic carbocycles. The quantitative estimate of drug-likeness (QED) is 0.0956. The Bertz CT molecular complexity index is 1940. The fourth-order valence-corrected chi connectivity index (χ4v) is 4.46. The van der Waals surface area contributed by atoms with Gasteiger partial charge in [0.15, 0.2) is 11.6 Å². The van der Waals surface area contributed by atoms with Crippen LogP contribution in [0.2, 0.25) is 5.02 Å². The molecule has 0 bridgehead atoms. The molecule has 0 unspecified atom stereocenters. The summed E-state index contributed by atoms with van der Waals surface area (Å²) in [6.07, 6.45) is -3.47. The lowest BCUT2D eigenvalue weighted by atomic mass is 10.1. The van der Waals surface area contributed by atoms with Gasteiger partial charge in [0.05, 0.1) is 34.2 Å². The number of nitrogens with zero attached hydrogens (tertiary/aromatic N) is 4. The topological polar surface area (TPSA) is 109 Å². The van der Waals surface area contributed by atoms with E-state index in [9.17, 15) is 28.1 Å². The van der Waals surface area contributed by atoms with E-state index in [0.717, 1.165) is 23.0 Å². The Hall–Kier alpha value is -5.23. The maximum Gasteiger partial charge on any atom is 0.416 e. The Balaban J connectivity index is 1.61. The standard InChI is InChI=1S/C31H22ClF3N4O5/c1-2-43-27-15-20(14-26(39(41)42)28(27)44-18-19-10-12-23(32)13-11-19)17-36-38-29(21-6-5-7-22(16-21)31(33,34)35)37-25-9-4-3-8-24(25)30(38)40/h3-17H,2,18H2,1H3. The van der Waals surface area contributed by atoms with Gasteiger partial charge in [0, 0.05) is 22.2 Å². The number of hydrogen-bond acceptors (Lipinski definition) is 7. The highest BCUT2D eigenvalue weighted by Gasteiger charge is 2.31. The number of hydrogen-bond donors (Lipinski definition) is 0. The number of rotatable bonds is 9. The lowest BCUT2D eigenvalue weighted by Gasteiger charge is -2.14. The number of alkyl halides is 3. The second kappa shape index (κ2) is 12.6. The summed E-state index contributed by atoms with van der Waals surface area (Å²) in [7, 11) is 0. The van der Waals surface area contributed by atoms with Crippen LogP contribution < -0.4 is 15.0 Å². The molecule has 44 heavy (non-hydrogen) atoms. The smallest absolute Gasteiger partial charge is 0.416 e. The molecule has 224 valence electrons. The van der Waals surface area contributed by atoms with Gasteiger partial charge in [-0.1, -0.05) is 48.0 Å². The van der Waals surface area contributed by atoms with Crippen LogP contribution in [0.5, 0.6) is 11.5 Å². The molecule has 0 N–H and O–H groups in total. The molecule has 0 aliphatic carbocycles. The summed E-state index contributed by atoms with van der Waals surface area (Å²) < 4.78 is 52.8. The molecular weight excluding hydrogens is 601 g/mol. The van der Waals surface area contributed by atoms with E-state index in [4.69, 9.17) is 21.1 Å². The summed E-state index contributed by atoms with van der Waals surface area (Å²) in [5.41, 5.74) is -0.884. The molecule has 0 fully saturated rings. The summed E-state index contributed by atoms with van der Waals surface area (Å²) in [5.74, 6) is -0.212. The average molecular weight is 623 g/mol. The van der Waals surface area contributed by atoms with E-state index in [2.05, 4.69) is 10.1 Å². The number of aromatic nitrogens is 2. The Labute approximate surface area is 252 Å². The second-order valence-corrected chi connectivity index (χ2v) is 9.80. The van der Waals surface area contributed by atoms with Crippen molar-refractivity contribution in [3.63, 3.8) is 0 Å². The van der Waals surface area contributed by atoms with Crippen molar-refractivity contribution >= 4 is 34.4 Å². The normalized spacial score (nSPS) is 11.7. The Kier molecular flexibility index (Phi) is 8.63.